The number of benzene rings is 1. The number of phenols is 1. The monoisotopic (exact) mass is 182 g/mol. The van der Waals surface area contributed by atoms with Crippen molar-refractivity contribution in [3.8, 4) is 5.75 Å². The Morgan fingerprint density at radius 1 is 1.42 bits per heavy atom. The highest BCUT2D eigenvalue weighted by molar-refractivity contribution is 7.98. The van der Waals surface area contributed by atoms with Gasteiger partial charge in [-0.15, -0.1) is 0 Å². The highest BCUT2D eigenvalue weighted by Crippen LogP contribution is 2.33. The average Bonchev–Trinajstić information content (AvgIpc) is 2.08. The van der Waals surface area contributed by atoms with Crippen molar-refractivity contribution in [3.63, 3.8) is 0 Å². The van der Waals surface area contributed by atoms with Crippen LogP contribution in [0.5, 0.6) is 5.75 Å². The standard InChI is InChI=1S/C10H14OS/c1-7-5-4-6-9(10(7)11)8(2)12-3/h4-6,8,11H,1-3H3. The first-order valence-corrected chi connectivity index (χ1v) is 5.27. The van der Waals surface area contributed by atoms with Crippen LogP contribution in [0, 0.1) is 6.92 Å². The minimum absolute atomic E-state index is 0.366. The molecule has 1 aromatic carbocycles. The smallest absolute Gasteiger partial charge is 0.122 e. The molecular formula is C10H14OS. The van der Waals surface area contributed by atoms with Crippen LogP contribution in [-0.4, -0.2) is 11.4 Å². The topological polar surface area (TPSA) is 20.2 Å². The zero-order chi connectivity index (χ0) is 9.14. The van der Waals surface area contributed by atoms with Crippen LogP contribution in [0.4, 0.5) is 0 Å². The van der Waals surface area contributed by atoms with Gasteiger partial charge < -0.3 is 5.11 Å². The zero-order valence-corrected chi connectivity index (χ0v) is 8.48. The average molecular weight is 182 g/mol. The lowest BCUT2D eigenvalue weighted by molar-refractivity contribution is 0.464. The Balaban J connectivity index is 3.07. The number of aryl methyl sites for hydroxylation is 1. The van der Waals surface area contributed by atoms with Crippen molar-refractivity contribution in [1.82, 2.24) is 0 Å². The molecule has 0 radical (unpaired) electrons. The van der Waals surface area contributed by atoms with E-state index in [1.54, 1.807) is 11.8 Å². The normalized spacial score (nSPS) is 12.9. The van der Waals surface area contributed by atoms with Crippen molar-refractivity contribution >= 4 is 11.8 Å². The quantitative estimate of drug-likeness (QED) is 0.758. The number of para-hydroxylation sites is 1. The van der Waals surface area contributed by atoms with Gasteiger partial charge in [-0.2, -0.15) is 11.8 Å². The van der Waals surface area contributed by atoms with E-state index in [0.29, 0.717) is 11.0 Å². The maximum atomic E-state index is 9.69. The van der Waals surface area contributed by atoms with E-state index in [9.17, 15) is 5.11 Å². The molecule has 1 nitrogen and oxygen atoms in total. The third-order valence-electron chi connectivity index (χ3n) is 2.06. The van der Waals surface area contributed by atoms with E-state index < -0.39 is 0 Å². The van der Waals surface area contributed by atoms with Gasteiger partial charge in [0.15, 0.2) is 0 Å². The third-order valence-corrected chi connectivity index (χ3v) is 3.02. The van der Waals surface area contributed by atoms with Gasteiger partial charge in [0, 0.05) is 10.8 Å². The molecule has 0 saturated heterocycles. The van der Waals surface area contributed by atoms with E-state index >= 15 is 0 Å². The lowest BCUT2D eigenvalue weighted by atomic mass is 10.1. The minimum atomic E-state index is 0.366. The predicted molar refractivity (Wildman–Crippen MR) is 54.8 cm³/mol. The Morgan fingerprint density at radius 2 is 2.08 bits per heavy atom. The van der Waals surface area contributed by atoms with E-state index in [1.807, 2.05) is 31.4 Å². The summed E-state index contributed by atoms with van der Waals surface area (Å²) in [6, 6.07) is 5.88. The minimum Gasteiger partial charge on any atom is -0.507 e. The fourth-order valence-corrected chi connectivity index (χ4v) is 1.58. The Morgan fingerprint density at radius 3 is 2.67 bits per heavy atom. The van der Waals surface area contributed by atoms with Crippen LogP contribution in [0.25, 0.3) is 0 Å². The SMILES string of the molecule is CSC(C)c1cccc(C)c1O. The molecule has 0 aliphatic heterocycles. The molecule has 0 heterocycles. The molecule has 0 spiro atoms. The van der Waals surface area contributed by atoms with Crippen LogP contribution in [-0.2, 0) is 0 Å². The number of aromatic hydroxyl groups is 1. The lowest BCUT2D eigenvalue weighted by Crippen LogP contribution is -1.89. The summed E-state index contributed by atoms with van der Waals surface area (Å²) in [5, 5.41) is 10.1. The first-order chi connectivity index (χ1) is 5.66. The Hall–Kier alpha value is -0.630. The molecule has 1 atom stereocenters. The van der Waals surface area contributed by atoms with E-state index in [2.05, 4.69) is 6.92 Å². The van der Waals surface area contributed by atoms with Gasteiger partial charge in [-0.05, 0) is 25.7 Å². The number of phenolic OH excluding ortho intramolecular Hbond substituents is 1. The summed E-state index contributed by atoms with van der Waals surface area (Å²) in [5.74, 6) is 0.444. The van der Waals surface area contributed by atoms with Crippen molar-refractivity contribution in [2.45, 2.75) is 19.1 Å². The van der Waals surface area contributed by atoms with Gasteiger partial charge in [-0.3, -0.25) is 0 Å². The zero-order valence-electron chi connectivity index (χ0n) is 7.66. The molecule has 2 heteroatoms. The summed E-state index contributed by atoms with van der Waals surface area (Å²) < 4.78 is 0. The molecule has 0 saturated carbocycles. The molecule has 0 aliphatic carbocycles. The van der Waals surface area contributed by atoms with E-state index in [4.69, 9.17) is 0 Å². The fraction of sp³-hybridized carbons (Fsp3) is 0.400. The van der Waals surface area contributed by atoms with Crippen LogP contribution in [0.2, 0.25) is 0 Å². The summed E-state index contributed by atoms with van der Waals surface area (Å²) >= 11 is 1.74. The molecule has 12 heavy (non-hydrogen) atoms. The maximum Gasteiger partial charge on any atom is 0.122 e. The number of rotatable bonds is 2. The largest absolute Gasteiger partial charge is 0.507 e. The molecule has 0 amide bonds. The van der Waals surface area contributed by atoms with Crippen molar-refractivity contribution in [2.75, 3.05) is 6.26 Å². The second-order valence-electron chi connectivity index (χ2n) is 2.89. The van der Waals surface area contributed by atoms with Gasteiger partial charge in [0.05, 0.1) is 0 Å². The lowest BCUT2D eigenvalue weighted by Gasteiger charge is -2.11. The fourth-order valence-electron chi connectivity index (χ4n) is 1.14. The second kappa shape index (κ2) is 3.85. The van der Waals surface area contributed by atoms with E-state index in [0.717, 1.165) is 11.1 Å². The molecule has 0 bridgehead atoms. The van der Waals surface area contributed by atoms with Gasteiger partial charge in [0.25, 0.3) is 0 Å². The Labute approximate surface area is 77.8 Å². The molecule has 1 N–H and O–H groups in total. The molecule has 0 aromatic heterocycles. The molecule has 0 aliphatic rings. The molecule has 1 aromatic rings. The summed E-state index contributed by atoms with van der Waals surface area (Å²) in [6.07, 6.45) is 2.05. The maximum absolute atomic E-state index is 9.69. The van der Waals surface area contributed by atoms with Crippen LogP contribution >= 0.6 is 11.8 Å². The van der Waals surface area contributed by atoms with Crippen LogP contribution < -0.4 is 0 Å². The molecular weight excluding hydrogens is 168 g/mol. The van der Waals surface area contributed by atoms with E-state index in [1.165, 1.54) is 0 Å². The summed E-state index contributed by atoms with van der Waals surface area (Å²) in [4.78, 5) is 0. The highest BCUT2D eigenvalue weighted by Gasteiger charge is 2.09. The van der Waals surface area contributed by atoms with Crippen molar-refractivity contribution in [1.29, 1.82) is 0 Å². The summed E-state index contributed by atoms with van der Waals surface area (Å²) in [7, 11) is 0. The Kier molecular flexibility index (Phi) is 3.04. The van der Waals surface area contributed by atoms with Gasteiger partial charge >= 0.3 is 0 Å². The van der Waals surface area contributed by atoms with Gasteiger partial charge in [-0.1, -0.05) is 18.2 Å². The Bertz CT molecular complexity index is 271. The van der Waals surface area contributed by atoms with Gasteiger partial charge in [0.2, 0.25) is 0 Å². The molecule has 1 unspecified atom stereocenters. The number of hydrogen-bond acceptors (Lipinski definition) is 2. The van der Waals surface area contributed by atoms with Gasteiger partial charge in [0.1, 0.15) is 5.75 Å². The molecule has 1 rings (SSSR count). The predicted octanol–water partition coefficient (Wildman–Crippen LogP) is 3.12. The summed E-state index contributed by atoms with van der Waals surface area (Å²) in [6.45, 7) is 4.02. The van der Waals surface area contributed by atoms with Gasteiger partial charge in [-0.25, -0.2) is 0 Å². The number of thioether (sulfide) groups is 1. The van der Waals surface area contributed by atoms with Crippen molar-refractivity contribution in [3.05, 3.63) is 29.3 Å². The first-order valence-electron chi connectivity index (χ1n) is 3.98. The second-order valence-corrected chi connectivity index (χ2v) is 4.07. The van der Waals surface area contributed by atoms with Crippen LogP contribution in [0.1, 0.15) is 23.3 Å². The van der Waals surface area contributed by atoms with Crippen molar-refractivity contribution in [2.24, 2.45) is 0 Å². The van der Waals surface area contributed by atoms with Crippen LogP contribution in [0.3, 0.4) is 0 Å². The third kappa shape index (κ3) is 1.75. The first kappa shape index (κ1) is 9.46. The highest BCUT2D eigenvalue weighted by atomic mass is 32.2. The molecule has 0 fully saturated rings. The van der Waals surface area contributed by atoms with E-state index in [-0.39, 0.29) is 0 Å². The van der Waals surface area contributed by atoms with Crippen molar-refractivity contribution < 1.29 is 5.11 Å². The summed E-state index contributed by atoms with van der Waals surface area (Å²) in [5.41, 5.74) is 1.98. The van der Waals surface area contributed by atoms with Crippen LogP contribution in [0.15, 0.2) is 18.2 Å². The molecule has 66 valence electrons. The number of hydrogen-bond donors (Lipinski definition) is 1.